The molecule has 2 N–H and O–H groups in total. The zero-order valence-electron chi connectivity index (χ0n) is 15.8. The Balaban J connectivity index is 1.70. The lowest BCUT2D eigenvalue weighted by molar-refractivity contribution is 0.165. The third kappa shape index (κ3) is 5.36. The van der Waals surface area contributed by atoms with E-state index in [0.717, 1.165) is 24.3 Å². The van der Waals surface area contributed by atoms with Crippen molar-refractivity contribution in [3.05, 3.63) is 59.1 Å². The monoisotopic (exact) mass is 405 g/mol. The predicted molar refractivity (Wildman–Crippen MR) is 110 cm³/mol. The lowest BCUT2D eigenvalue weighted by Crippen LogP contribution is -2.51. The van der Waals surface area contributed by atoms with Crippen molar-refractivity contribution in [2.75, 3.05) is 38.7 Å². The van der Waals surface area contributed by atoms with Crippen molar-refractivity contribution in [3.8, 4) is 5.75 Å². The molecule has 0 aromatic heterocycles. The number of nitrogens with one attached hydrogen (secondary N) is 2. The van der Waals surface area contributed by atoms with Crippen molar-refractivity contribution >= 4 is 23.3 Å². The largest absolute Gasteiger partial charge is 0.497 e. The third-order valence-corrected chi connectivity index (χ3v) is 5.31. The minimum Gasteiger partial charge on any atom is -0.497 e. The van der Waals surface area contributed by atoms with Gasteiger partial charge in [-0.2, -0.15) is 0 Å². The van der Waals surface area contributed by atoms with Crippen LogP contribution < -0.4 is 15.4 Å². The second kappa shape index (κ2) is 9.75. The van der Waals surface area contributed by atoms with Crippen LogP contribution in [0.1, 0.15) is 17.9 Å². The van der Waals surface area contributed by atoms with E-state index in [0.29, 0.717) is 23.8 Å². The average molecular weight is 406 g/mol. The van der Waals surface area contributed by atoms with Gasteiger partial charge in [0, 0.05) is 42.3 Å². The summed E-state index contributed by atoms with van der Waals surface area (Å²) in [7, 11) is 1.63. The number of anilines is 1. The SMILES string of the molecule is COc1ccc(C2CN(CCF)CC[C@H]2NC(=O)Nc2ccc(Cl)cc2)cc1. The van der Waals surface area contributed by atoms with Crippen LogP contribution in [0, 0.1) is 0 Å². The van der Waals surface area contributed by atoms with Crippen LogP contribution in [0.3, 0.4) is 0 Å². The summed E-state index contributed by atoms with van der Waals surface area (Å²) in [5, 5.41) is 6.54. The van der Waals surface area contributed by atoms with Crippen molar-refractivity contribution in [2.45, 2.75) is 18.4 Å². The number of halogens is 2. The second-order valence-corrected chi connectivity index (χ2v) is 7.31. The molecule has 1 fully saturated rings. The first-order valence-corrected chi connectivity index (χ1v) is 9.72. The first kappa shape index (κ1) is 20.4. The molecule has 2 aromatic rings. The highest BCUT2D eigenvalue weighted by Crippen LogP contribution is 2.29. The molecule has 5 nitrogen and oxygen atoms in total. The number of benzene rings is 2. The normalized spacial score (nSPS) is 19.8. The predicted octanol–water partition coefficient (Wildman–Crippen LogP) is 4.30. The molecule has 0 saturated carbocycles. The Morgan fingerprint density at radius 1 is 1.21 bits per heavy atom. The molecule has 0 radical (unpaired) electrons. The Hall–Kier alpha value is -2.31. The average Bonchev–Trinajstić information content (AvgIpc) is 2.71. The molecule has 2 atom stereocenters. The summed E-state index contributed by atoms with van der Waals surface area (Å²) < 4.78 is 18.1. The third-order valence-electron chi connectivity index (χ3n) is 5.06. The van der Waals surface area contributed by atoms with E-state index in [4.69, 9.17) is 16.3 Å². The van der Waals surface area contributed by atoms with Crippen LogP contribution in [0.5, 0.6) is 5.75 Å². The summed E-state index contributed by atoms with van der Waals surface area (Å²) in [5.41, 5.74) is 1.78. The van der Waals surface area contributed by atoms with Gasteiger partial charge in [0.2, 0.25) is 0 Å². The van der Waals surface area contributed by atoms with Gasteiger partial charge in [-0.3, -0.25) is 4.90 Å². The van der Waals surface area contributed by atoms with Crippen LogP contribution in [0.4, 0.5) is 14.9 Å². The standard InChI is InChI=1S/C21H25ClFN3O2/c1-28-18-8-2-15(3-9-18)19-14-26(13-11-23)12-10-20(19)25-21(27)24-17-6-4-16(22)5-7-17/h2-9,19-20H,10-14H2,1H3,(H2,24,25,27)/t19?,20-/m1/s1. The Bertz CT molecular complexity index is 770. The van der Waals surface area contributed by atoms with Crippen LogP contribution in [0.25, 0.3) is 0 Å². The number of methoxy groups -OCH3 is 1. The fraction of sp³-hybridized carbons (Fsp3) is 0.381. The van der Waals surface area contributed by atoms with Crippen LogP contribution in [0.2, 0.25) is 5.02 Å². The maximum Gasteiger partial charge on any atom is 0.319 e. The van der Waals surface area contributed by atoms with Crippen molar-refractivity contribution in [2.24, 2.45) is 0 Å². The summed E-state index contributed by atoms with van der Waals surface area (Å²) in [6.45, 7) is 1.49. The van der Waals surface area contributed by atoms with E-state index >= 15 is 0 Å². The highest BCUT2D eigenvalue weighted by atomic mass is 35.5. The first-order valence-electron chi connectivity index (χ1n) is 9.34. The van der Waals surface area contributed by atoms with E-state index in [2.05, 4.69) is 15.5 Å². The van der Waals surface area contributed by atoms with Crippen LogP contribution >= 0.6 is 11.6 Å². The van der Waals surface area contributed by atoms with E-state index in [9.17, 15) is 9.18 Å². The van der Waals surface area contributed by atoms with Crippen molar-refractivity contribution in [1.29, 1.82) is 0 Å². The Morgan fingerprint density at radius 2 is 1.93 bits per heavy atom. The molecule has 150 valence electrons. The van der Waals surface area contributed by atoms with Crippen molar-refractivity contribution in [1.82, 2.24) is 10.2 Å². The molecular weight excluding hydrogens is 381 g/mol. The van der Waals surface area contributed by atoms with Gasteiger partial charge in [-0.25, -0.2) is 9.18 Å². The molecule has 1 unspecified atom stereocenters. The van der Waals surface area contributed by atoms with Gasteiger partial charge < -0.3 is 15.4 Å². The van der Waals surface area contributed by atoms with Crippen LogP contribution in [0.15, 0.2) is 48.5 Å². The number of carbonyl (C=O) groups excluding carboxylic acids is 1. The number of likely N-dealkylation sites (tertiary alicyclic amines) is 1. The van der Waals surface area contributed by atoms with Gasteiger partial charge in [-0.1, -0.05) is 23.7 Å². The molecular formula is C21H25ClFN3O2. The Labute approximate surface area is 169 Å². The Kier molecular flexibility index (Phi) is 7.12. The Morgan fingerprint density at radius 3 is 2.57 bits per heavy atom. The maximum atomic E-state index is 12.8. The molecule has 2 amide bonds. The fourth-order valence-electron chi connectivity index (χ4n) is 3.57. The van der Waals surface area contributed by atoms with Gasteiger partial charge in [-0.15, -0.1) is 0 Å². The number of hydrogen-bond acceptors (Lipinski definition) is 3. The van der Waals surface area contributed by atoms with E-state index in [1.165, 1.54) is 0 Å². The van der Waals surface area contributed by atoms with Gasteiger partial charge in [0.15, 0.2) is 0 Å². The van der Waals surface area contributed by atoms with E-state index in [-0.39, 0.29) is 24.7 Å². The first-order chi connectivity index (χ1) is 13.6. The molecule has 28 heavy (non-hydrogen) atoms. The number of alkyl halides is 1. The number of rotatable bonds is 6. The van der Waals surface area contributed by atoms with E-state index in [1.54, 1.807) is 31.4 Å². The topological polar surface area (TPSA) is 53.6 Å². The van der Waals surface area contributed by atoms with Crippen molar-refractivity contribution in [3.63, 3.8) is 0 Å². The highest BCUT2D eigenvalue weighted by molar-refractivity contribution is 6.30. The molecule has 3 rings (SSSR count). The number of amides is 2. The van der Waals surface area contributed by atoms with E-state index in [1.807, 2.05) is 24.3 Å². The smallest absolute Gasteiger partial charge is 0.319 e. The molecule has 1 aliphatic rings. The zero-order valence-corrected chi connectivity index (χ0v) is 16.6. The van der Waals surface area contributed by atoms with Gasteiger partial charge >= 0.3 is 6.03 Å². The number of ether oxygens (including phenoxy) is 1. The molecule has 0 aliphatic carbocycles. The lowest BCUT2D eigenvalue weighted by atomic mass is 9.86. The second-order valence-electron chi connectivity index (χ2n) is 6.87. The molecule has 0 bridgehead atoms. The summed E-state index contributed by atoms with van der Waals surface area (Å²) in [4.78, 5) is 14.6. The number of nitrogens with zero attached hydrogens (tertiary/aromatic N) is 1. The number of hydrogen-bond donors (Lipinski definition) is 2. The van der Waals surface area contributed by atoms with Gasteiger partial charge in [0.25, 0.3) is 0 Å². The maximum absolute atomic E-state index is 12.8. The van der Waals surface area contributed by atoms with Crippen LogP contribution in [-0.4, -0.2) is 50.4 Å². The molecule has 7 heteroatoms. The minimum atomic E-state index is -0.371. The molecule has 2 aromatic carbocycles. The van der Waals surface area contributed by atoms with E-state index < -0.39 is 0 Å². The summed E-state index contributed by atoms with van der Waals surface area (Å²) in [6.07, 6.45) is 0.755. The fourth-order valence-corrected chi connectivity index (χ4v) is 3.70. The molecule has 0 spiro atoms. The van der Waals surface area contributed by atoms with Crippen molar-refractivity contribution < 1.29 is 13.9 Å². The number of urea groups is 1. The summed E-state index contributed by atoms with van der Waals surface area (Å²) in [5.74, 6) is 0.854. The summed E-state index contributed by atoms with van der Waals surface area (Å²) >= 11 is 5.88. The van der Waals surface area contributed by atoms with Gasteiger partial charge in [-0.05, 0) is 48.4 Å². The van der Waals surface area contributed by atoms with Gasteiger partial charge in [0.1, 0.15) is 12.4 Å². The zero-order chi connectivity index (χ0) is 19.9. The molecule has 1 heterocycles. The highest BCUT2D eigenvalue weighted by Gasteiger charge is 2.31. The summed E-state index contributed by atoms with van der Waals surface area (Å²) in [6, 6.07) is 14.5. The van der Waals surface area contributed by atoms with Gasteiger partial charge in [0.05, 0.1) is 7.11 Å². The number of piperidine rings is 1. The number of carbonyl (C=O) groups is 1. The molecule has 1 aliphatic heterocycles. The quantitative estimate of drug-likeness (QED) is 0.753. The minimum absolute atomic E-state index is 0.0449. The molecule has 1 saturated heterocycles. The van der Waals surface area contributed by atoms with Crippen LogP contribution in [-0.2, 0) is 0 Å². The lowest BCUT2D eigenvalue weighted by Gasteiger charge is -2.39.